The summed E-state index contributed by atoms with van der Waals surface area (Å²) in [5, 5.41) is 0. The number of carbonyl (C=O) groups excluding carboxylic acids is 1. The predicted octanol–water partition coefficient (Wildman–Crippen LogP) is 2.46. The highest BCUT2D eigenvalue weighted by atomic mass is 32.2. The van der Waals surface area contributed by atoms with E-state index in [4.69, 9.17) is 17.0 Å². The zero-order valence-corrected chi connectivity index (χ0v) is 11.7. The largest absolute Gasteiger partial charge is 0.497 e. The Bertz CT molecular complexity index is 401. The molecule has 0 aliphatic rings. The molecule has 0 bridgehead atoms. The van der Waals surface area contributed by atoms with Crippen molar-refractivity contribution in [3.63, 3.8) is 0 Å². The Morgan fingerprint density at radius 2 is 1.94 bits per heavy atom. The van der Waals surface area contributed by atoms with Crippen molar-refractivity contribution in [1.82, 2.24) is 4.90 Å². The number of methoxy groups -OCH3 is 1. The summed E-state index contributed by atoms with van der Waals surface area (Å²) in [4.78, 5) is 13.7. The molecule has 5 heteroatoms. The third kappa shape index (κ3) is 4.36. The molecule has 0 aliphatic carbocycles. The van der Waals surface area contributed by atoms with Crippen molar-refractivity contribution < 1.29 is 9.53 Å². The molecule has 0 fully saturated rings. The Morgan fingerprint density at radius 3 is 2.41 bits per heavy atom. The zero-order valence-electron chi connectivity index (χ0n) is 10.1. The Morgan fingerprint density at radius 1 is 1.35 bits per heavy atom. The third-order valence-electron chi connectivity index (χ3n) is 2.10. The van der Waals surface area contributed by atoms with E-state index < -0.39 is 0 Å². The normalized spacial score (nSPS) is 9.82. The van der Waals surface area contributed by atoms with Gasteiger partial charge >= 0.3 is 0 Å². The summed E-state index contributed by atoms with van der Waals surface area (Å²) in [5.41, 5.74) is 0.680. The lowest BCUT2D eigenvalue weighted by molar-refractivity contribution is 0.102. The summed E-state index contributed by atoms with van der Waals surface area (Å²) in [6.07, 6.45) is 0. The maximum Gasteiger partial charge on any atom is 0.173 e. The lowest BCUT2D eigenvalue weighted by Crippen LogP contribution is -2.18. The van der Waals surface area contributed by atoms with Crippen LogP contribution in [-0.2, 0) is 0 Å². The molecule has 0 spiro atoms. The van der Waals surface area contributed by atoms with Crippen molar-refractivity contribution in [1.29, 1.82) is 0 Å². The fourth-order valence-electron chi connectivity index (χ4n) is 1.12. The van der Waals surface area contributed by atoms with Gasteiger partial charge in [0.25, 0.3) is 0 Å². The minimum Gasteiger partial charge on any atom is -0.497 e. The van der Waals surface area contributed by atoms with E-state index in [1.54, 1.807) is 31.4 Å². The van der Waals surface area contributed by atoms with E-state index in [1.165, 1.54) is 11.8 Å². The number of hydrogen-bond acceptors (Lipinski definition) is 4. The van der Waals surface area contributed by atoms with E-state index in [0.717, 1.165) is 5.75 Å². The molecule has 0 unspecified atom stereocenters. The minimum atomic E-state index is 0.0712. The first-order valence-electron chi connectivity index (χ1n) is 5.06. The van der Waals surface area contributed by atoms with Gasteiger partial charge < -0.3 is 9.64 Å². The van der Waals surface area contributed by atoms with E-state index in [0.29, 0.717) is 15.6 Å². The van der Waals surface area contributed by atoms with Gasteiger partial charge in [-0.2, -0.15) is 0 Å². The first-order valence-corrected chi connectivity index (χ1v) is 6.45. The number of benzene rings is 1. The van der Waals surface area contributed by atoms with Crippen LogP contribution in [0.15, 0.2) is 24.3 Å². The molecule has 0 amide bonds. The topological polar surface area (TPSA) is 29.5 Å². The molecule has 1 rings (SSSR count). The first-order chi connectivity index (χ1) is 8.04. The maximum absolute atomic E-state index is 11.8. The molecule has 0 saturated carbocycles. The van der Waals surface area contributed by atoms with Crippen LogP contribution in [0.2, 0.25) is 0 Å². The highest BCUT2D eigenvalue weighted by Gasteiger charge is 2.08. The molecule has 1 aromatic carbocycles. The minimum absolute atomic E-state index is 0.0712. The number of Topliss-reactive ketones (excluding diaryl/α,β-unsaturated/α-hetero) is 1. The van der Waals surface area contributed by atoms with Crippen molar-refractivity contribution in [3.05, 3.63) is 29.8 Å². The molecule has 0 radical (unpaired) electrons. The summed E-state index contributed by atoms with van der Waals surface area (Å²) in [6, 6.07) is 7.09. The average molecular weight is 269 g/mol. The summed E-state index contributed by atoms with van der Waals surface area (Å²) in [5.74, 6) is 1.18. The Labute approximate surface area is 111 Å². The van der Waals surface area contributed by atoms with Gasteiger partial charge in [-0.3, -0.25) is 4.79 Å². The van der Waals surface area contributed by atoms with Crippen LogP contribution in [0, 0.1) is 0 Å². The number of carbonyl (C=O) groups is 1. The van der Waals surface area contributed by atoms with E-state index >= 15 is 0 Å². The first kappa shape index (κ1) is 14.0. The second-order valence-electron chi connectivity index (χ2n) is 3.60. The van der Waals surface area contributed by atoms with Crippen molar-refractivity contribution >= 4 is 34.1 Å². The van der Waals surface area contributed by atoms with E-state index in [9.17, 15) is 4.79 Å². The predicted molar refractivity (Wildman–Crippen MR) is 76.1 cm³/mol. The van der Waals surface area contributed by atoms with Crippen LogP contribution in [0.5, 0.6) is 5.75 Å². The molecule has 17 heavy (non-hydrogen) atoms. The molecule has 0 saturated heterocycles. The van der Waals surface area contributed by atoms with Crippen LogP contribution in [0.4, 0.5) is 0 Å². The molecule has 3 nitrogen and oxygen atoms in total. The molecule has 0 heterocycles. The number of ether oxygens (including phenoxy) is 1. The summed E-state index contributed by atoms with van der Waals surface area (Å²) in [6.45, 7) is 0. The Kier molecular flexibility index (Phi) is 5.44. The number of nitrogens with zero attached hydrogens (tertiary/aromatic N) is 1. The van der Waals surface area contributed by atoms with Crippen LogP contribution >= 0.6 is 24.0 Å². The number of thioether (sulfide) groups is 1. The van der Waals surface area contributed by atoms with Gasteiger partial charge in [0.1, 0.15) is 10.1 Å². The van der Waals surface area contributed by atoms with E-state index in [-0.39, 0.29) is 5.78 Å². The second-order valence-corrected chi connectivity index (χ2v) is 5.21. The molecular formula is C12H15NO2S2. The van der Waals surface area contributed by atoms with Gasteiger partial charge in [-0.1, -0.05) is 24.0 Å². The molecule has 1 aromatic rings. The van der Waals surface area contributed by atoms with Gasteiger partial charge in [-0.05, 0) is 24.3 Å². The van der Waals surface area contributed by atoms with Crippen LogP contribution < -0.4 is 4.74 Å². The molecule has 92 valence electrons. The van der Waals surface area contributed by atoms with Gasteiger partial charge in [0.05, 0.1) is 12.9 Å². The van der Waals surface area contributed by atoms with Crippen molar-refractivity contribution in [2.24, 2.45) is 0 Å². The monoisotopic (exact) mass is 269 g/mol. The Balaban J connectivity index is 2.55. The molecule has 0 aliphatic heterocycles. The van der Waals surface area contributed by atoms with Gasteiger partial charge in [0, 0.05) is 19.7 Å². The lowest BCUT2D eigenvalue weighted by Gasteiger charge is -2.12. The van der Waals surface area contributed by atoms with Gasteiger partial charge in [0.15, 0.2) is 5.78 Å². The number of ketones is 1. The molecule has 0 N–H and O–H groups in total. The third-order valence-corrected chi connectivity index (χ3v) is 3.84. The van der Waals surface area contributed by atoms with Gasteiger partial charge in [-0.25, -0.2) is 0 Å². The van der Waals surface area contributed by atoms with E-state index in [2.05, 4.69) is 0 Å². The van der Waals surface area contributed by atoms with Crippen LogP contribution in [-0.4, -0.2) is 42.0 Å². The smallest absolute Gasteiger partial charge is 0.173 e. The molecule has 0 atom stereocenters. The van der Waals surface area contributed by atoms with Crippen LogP contribution in [0.1, 0.15) is 10.4 Å². The quantitative estimate of drug-likeness (QED) is 0.619. The highest BCUT2D eigenvalue weighted by Crippen LogP contribution is 2.14. The summed E-state index contributed by atoms with van der Waals surface area (Å²) < 4.78 is 5.75. The lowest BCUT2D eigenvalue weighted by atomic mass is 10.1. The summed E-state index contributed by atoms with van der Waals surface area (Å²) >= 11 is 6.48. The molecular weight excluding hydrogens is 254 g/mol. The van der Waals surface area contributed by atoms with Crippen molar-refractivity contribution in [3.8, 4) is 5.75 Å². The number of hydrogen-bond donors (Lipinski definition) is 0. The van der Waals surface area contributed by atoms with Crippen LogP contribution in [0.25, 0.3) is 0 Å². The fraction of sp³-hybridized carbons (Fsp3) is 0.333. The molecule has 0 aromatic heterocycles. The van der Waals surface area contributed by atoms with Gasteiger partial charge in [-0.15, -0.1) is 0 Å². The Hall–Kier alpha value is -1.07. The van der Waals surface area contributed by atoms with Crippen molar-refractivity contribution in [2.75, 3.05) is 27.0 Å². The number of rotatable bonds is 4. The maximum atomic E-state index is 11.8. The summed E-state index contributed by atoms with van der Waals surface area (Å²) in [7, 11) is 5.34. The van der Waals surface area contributed by atoms with Gasteiger partial charge in [0.2, 0.25) is 0 Å². The van der Waals surface area contributed by atoms with Crippen molar-refractivity contribution in [2.45, 2.75) is 0 Å². The van der Waals surface area contributed by atoms with E-state index in [1.807, 2.05) is 19.0 Å². The average Bonchev–Trinajstić information content (AvgIpc) is 2.35. The SMILES string of the molecule is COc1ccc(C(=O)CSC(=S)N(C)C)cc1. The second kappa shape index (κ2) is 6.61. The number of thiocarbonyl (C=S) groups is 1. The highest BCUT2D eigenvalue weighted by molar-refractivity contribution is 8.23. The fourth-order valence-corrected chi connectivity index (χ4v) is 1.97. The standard InChI is InChI=1S/C12H15NO2S2/c1-13(2)12(16)17-8-11(14)9-4-6-10(15-3)7-5-9/h4-7H,8H2,1-3H3. The van der Waals surface area contributed by atoms with Crippen LogP contribution in [0.3, 0.4) is 0 Å². The zero-order chi connectivity index (χ0) is 12.8.